The number of hydrogen-bond acceptors (Lipinski definition) is 4. The molecule has 5 heteroatoms. The average molecular weight is 310 g/mol. The van der Waals surface area contributed by atoms with Gasteiger partial charge in [0.15, 0.2) is 6.10 Å². The van der Waals surface area contributed by atoms with Gasteiger partial charge in [0.1, 0.15) is 5.69 Å². The van der Waals surface area contributed by atoms with Crippen molar-refractivity contribution in [2.45, 2.75) is 26.0 Å². The second-order valence-electron chi connectivity index (χ2n) is 5.54. The van der Waals surface area contributed by atoms with Crippen molar-refractivity contribution in [3.63, 3.8) is 0 Å². The number of benzene rings is 1. The summed E-state index contributed by atoms with van der Waals surface area (Å²) in [5.41, 5.74) is 2.63. The summed E-state index contributed by atoms with van der Waals surface area (Å²) in [6.45, 7) is 2.80. The van der Waals surface area contributed by atoms with Gasteiger partial charge in [-0.1, -0.05) is 30.3 Å². The quantitative estimate of drug-likeness (QED) is 0.816. The Morgan fingerprint density at radius 3 is 2.61 bits per heavy atom. The zero-order valence-corrected chi connectivity index (χ0v) is 12.9. The van der Waals surface area contributed by atoms with Crippen molar-refractivity contribution in [3.8, 4) is 0 Å². The number of aromatic nitrogens is 1. The van der Waals surface area contributed by atoms with Crippen LogP contribution < -0.4 is 0 Å². The lowest BCUT2D eigenvalue weighted by Crippen LogP contribution is -2.42. The van der Waals surface area contributed by atoms with E-state index in [2.05, 4.69) is 11.1 Å². The van der Waals surface area contributed by atoms with Crippen molar-refractivity contribution in [3.05, 3.63) is 65.5 Å². The molecular formula is C18H18N2O3. The second-order valence-corrected chi connectivity index (χ2v) is 5.54. The third-order valence-electron chi connectivity index (χ3n) is 3.95. The molecule has 0 radical (unpaired) electrons. The van der Waals surface area contributed by atoms with E-state index in [0.717, 1.165) is 12.0 Å². The van der Waals surface area contributed by atoms with Gasteiger partial charge in [0.2, 0.25) is 0 Å². The summed E-state index contributed by atoms with van der Waals surface area (Å²) < 4.78 is 5.25. The average Bonchev–Trinajstić information content (AvgIpc) is 2.61. The van der Waals surface area contributed by atoms with E-state index in [4.69, 9.17) is 4.74 Å². The van der Waals surface area contributed by atoms with Crippen LogP contribution in [0.25, 0.3) is 0 Å². The Hall–Kier alpha value is -2.69. The molecule has 1 aliphatic heterocycles. The molecule has 1 amide bonds. The summed E-state index contributed by atoms with van der Waals surface area (Å²) in [4.78, 5) is 30.2. The highest BCUT2D eigenvalue weighted by Gasteiger charge is 2.27. The third kappa shape index (κ3) is 3.39. The van der Waals surface area contributed by atoms with Crippen LogP contribution in [0.5, 0.6) is 0 Å². The van der Waals surface area contributed by atoms with E-state index in [-0.39, 0.29) is 11.6 Å². The molecule has 1 aromatic carbocycles. The molecule has 0 aliphatic carbocycles. The number of hydrogen-bond donors (Lipinski definition) is 0. The van der Waals surface area contributed by atoms with Gasteiger partial charge in [0.05, 0.1) is 0 Å². The number of esters is 1. The van der Waals surface area contributed by atoms with E-state index in [0.29, 0.717) is 13.1 Å². The van der Waals surface area contributed by atoms with Gasteiger partial charge in [-0.05, 0) is 36.6 Å². The fraction of sp³-hybridized carbons (Fsp3) is 0.278. The smallest absolute Gasteiger partial charge is 0.357 e. The summed E-state index contributed by atoms with van der Waals surface area (Å²) in [5.74, 6) is -0.757. The van der Waals surface area contributed by atoms with E-state index >= 15 is 0 Å². The van der Waals surface area contributed by atoms with E-state index in [1.807, 2.05) is 18.2 Å². The standard InChI is InChI=1S/C18H18N2O3/c1-13(23-18(22)16-8-4-5-10-19-16)17(21)20-11-9-14-6-2-3-7-15(14)12-20/h2-8,10,13H,9,11-12H2,1H3/t13-/m1/s1. The van der Waals surface area contributed by atoms with Crippen LogP contribution in [-0.4, -0.2) is 34.4 Å². The number of rotatable bonds is 3. The zero-order chi connectivity index (χ0) is 16.2. The predicted molar refractivity (Wildman–Crippen MR) is 84.7 cm³/mol. The van der Waals surface area contributed by atoms with Crippen LogP contribution in [0.4, 0.5) is 0 Å². The number of nitrogens with zero attached hydrogens (tertiary/aromatic N) is 2. The van der Waals surface area contributed by atoms with Crippen LogP contribution >= 0.6 is 0 Å². The maximum absolute atomic E-state index is 12.5. The van der Waals surface area contributed by atoms with Crippen LogP contribution in [0, 0.1) is 0 Å². The highest BCUT2D eigenvalue weighted by Crippen LogP contribution is 2.19. The molecule has 0 fully saturated rings. The minimum atomic E-state index is -0.824. The van der Waals surface area contributed by atoms with E-state index in [9.17, 15) is 9.59 Å². The molecule has 1 atom stereocenters. The number of fused-ring (bicyclic) bond motifs is 1. The number of pyridine rings is 1. The Labute approximate surface area is 134 Å². The van der Waals surface area contributed by atoms with Gasteiger partial charge in [-0.25, -0.2) is 9.78 Å². The second kappa shape index (κ2) is 6.60. The van der Waals surface area contributed by atoms with Crippen molar-refractivity contribution < 1.29 is 14.3 Å². The van der Waals surface area contributed by atoms with Gasteiger partial charge < -0.3 is 9.64 Å². The third-order valence-corrected chi connectivity index (χ3v) is 3.95. The maximum atomic E-state index is 12.5. The molecule has 0 bridgehead atoms. The van der Waals surface area contributed by atoms with Crippen molar-refractivity contribution in [1.29, 1.82) is 0 Å². The summed E-state index contributed by atoms with van der Waals surface area (Å²) in [6.07, 6.45) is 1.52. The molecule has 1 aromatic heterocycles. The minimum absolute atomic E-state index is 0.177. The monoisotopic (exact) mass is 310 g/mol. The van der Waals surface area contributed by atoms with Crippen LogP contribution in [0.15, 0.2) is 48.7 Å². The molecule has 0 N–H and O–H groups in total. The number of amides is 1. The molecule has 5 nitrogen and oxygen atoms in total. The lowest BCUT2D eigenvalue weighted by Gasteiger charge is -2.30. The van der Waals surface area contributed by atoms with Crippen LogP contribution in [0.3, 0.4) is 0 Å². The maximum Gasteiger partial charge on any atom is 0.357 e. The molecule has 3 rings (SSSR count). The number of carbonyl (C=O) groups excluding carboxylic acids is 2. The summed E-state index contributed by atoms with van der Waals surface area (Å²) >= 11 is 0. The zero-order valence-electron chi connectivity index (χ0n) is 12.9. The van der Waals surface area contributed by atoms with Crippen LogP contribution in [0.2, 0.25) is 0 Å². The van der Waals surface area contributed by atoms with Gasteiger partial charge in [-0.3, -0.25) is 4.79 Å². The van der Waals surface area contributed by atoms with Gasteiger partial charge in [-0.15, -0.1) is 0 Å². The van der Waals surface area contributed by atoms with Crippen molar-refractivity contribution in [2.75, 3.05) is 6.54 Å². The first kappa shape index (κ1) is 15.2. The fourth-order valence-electron chi connectivity index (χ4n) is 2.70. The highest BCUT2D eigenvalue weighted by molar-refractivity contribution is 5.90. The van der Waals surface area contributed by atoms with E-state index < -0.39 is 12.1 Å². The molecule has 118 valence electrons. The molecule has 0 saturated heterocycles. The first-order valence-electron chi connectivity index (χ1n) is 7.63. The van der Waals surface area contributed by atoms with Gasteiger partial charge in [0.25, 0.3) is 5.91 Å². The SMILES string of the molecule is C[C@@H](OC(=O)c1ccccn1)C(=O)N1CCc2ccccc2C1. The van der Waals surface area contributed by atoms with Crippen molar-refractivity contribution in [2.24, 2.45) is 0 Å². The van der Waals surface area contributed by atoms with Crippen molar-refractivity contribution >= 4 is 11.9 Å². The molecule has 0 unspecified atom stereocenters. The fourth-order valence-corrected chi connectivity index (χ4v) is 2.70. The van der Waals surface area contributed by atoms with Gasteiger partial charge >= 0.3 is 5.97 Å². The molecule has 2 heterocycles. The molecular weight excluding hydrogens is 292 g/mol. The largest absolute Gasteiger partial charge is 0.448 e. The lowest BCUT2D eigenvalue weighted by atomic mass is 9.99. The topological polar surface area (TPSA) is 59.5 Å². The molecule has 0 spiro atoms. The Morgan fingerprint density at radius 2 is 1.87 bits per heavy atom. The van der Waals surface area contributed by atoms with Crippen LogP contribution in [0.1, 0.15) is 28.5 Å². The molecule has 23 heavy (non-hydrogen) atoms. The lowest BCUT2D eigenvalue weighted by molar-refractivity contribution is -0.140. The predicted octanol–water partition coefficient (Wildman–Crippen LogP) is 2.21. The summed E-state index contributed by atoms with van der Waals surface area (Å²) in [5, 5.41) is 0. The first-order chi connectivity index (χ1) is 11.1. The summed E-state index contributed by atoms with van der Waals surface area (Å²) in [7, 11) is 0. The van der Waals surface area contributed by atoms with Gasteiger partial charge in [0, 0.05) is 19.3 Å². The molecule has 2 aromatic rings. The van der Waals surface area contributed by atoms with Crippen molar-refractivity contribution in [1.82, 2.24) is 9.88 Å². The normalized spacial score (nSPS) is 14.7. The Bertz CT molecular complexity index is 715. The highest BCUT2D eigenvalue weighted by atomic mass is 16.5. The molecule has 0 saturated carbocycles. The Kier molecular flexibility index (Phi) is 4.37. The van der Waals surface area contributed by atoms with Crippen LogP contribution in [-0.2, 0) is 22.5 Å². The first-order valence-corrected chi connectivity index (χ1v) is 7.63. The minimum Gasteiger partial charge on any atom is -0.448 e. The molecule has 1 aliphatic rings. The Balaban J connectivity index is 1.63. The van der Waals surface area contributed by atoms with E-state index in [1.54, 1.807) is 30.0 Å². The van der Waals surface area contributed by atoms with E-state index in [1.165, 1.54) is 11.8 Å². The Morgan fingerprint density at radius 1 is 1.13 bits per heavy atom. The van der Waals surface area contributed by atoms with Gasteiger partial charge in [-0.2, -0.15) is 0 Å². The number of ether oxygens (including phenoxy) is 1. The number of carbonyl (C=O) groups is 2. The summed E-state index contributed by atoms with van der Waals surface area (Å²) in [6, 6.07) is 13.1.